The zero-order valence-corrected chi connectivity index (χ0v) is 25.4. The molecule has 0 bridgehead atoms. The molecule has 2 atom stereocenters. The van der Waals surface area contributed by atoms with Gasteiger partial charge in [0.2, 0.25) is 0 Å². The predicted molar refractivity (Wildman–Crippen MR) is 191 cm³/mol. The van der Waals surface area contributed by atoms with Gasteiger partial charge in [0.05, 0.1) is 22.8 Å². The summed E-state index contributed by atoms with van der Waals surface area (Å²) in [6.45, 7) is 0. The summed E-state index contributed by atoms with van der Waals surface area (Å²) in [5.74, 6) is 0. The maximum Gasteiger partial charge on any atom is 0.179 e. The lowest BCUT2D eigenvalue weighted by Gasteiger charge is -2.28. The third-order valence-electron chi connectivity index (χ3n) is 9.60. The Bertz CT molecular complexity index is 2540. The van der Waals surface area contributed by atoms with Crippen LogP contribution in [0.4, 0.5) is 11.4 Å². The van der Waals surface area contributed by atoms with Gasteiger partial charge in [0.1, 0.15) is 0 Å². The van der Waals surface area contributed by atoms with Gasteiger partial charge >= 0.3 is 0 Å². The molecule has 0 fully saturated rings. The van der Waals surface area contributed by atoms with E-state index in [1.165, 1.54) is 76.3 Å². The van der Waals surface area contributed by atoms with Crippen molar-refractivity contribution >= 4 is 56.9 Å². The normalized spacial score (nSPS) is 16.7. The minimum absolute atomic E-state index is 0.158. The zero-order chi connectivity index (χ0) is 29.5. The number of hydrogen-bond acceptors (Lipinski definition) is 1. The highest BCUT2D eigenvalue weighted by molar-refractivity contribution is 7.66. The monoisotopic (exact) mass is 591 g/mol. The Labute approximate surface area is 262 Å². The summed E-state index contributed by atoms with van der Waals surface area (Å²) in [6, 6.07) is 51.8. The molecule has 6 aromatic carbocycles. The maximum absolute atomic E-state index is 2.57. The van der Waals surface area contributed by atoms with Crippen molar-refractivity contribution in [1.82, 2.24) is 4.57 Å². The summed E-state index contributed by atoms with van der Waals surface area (Å²) in [5, 5.41) is 6.75. The Hall–Kier alpha value is -5.43. The molecule has 0 amide bonds. The van der Waals surface area contributed by atoms with E-state index in [-0.39, 0.29) is 6.04 Å². The minimum Gasteiger partial charge on any atom is -0.330 e. The fraction of sp³-hybridized carbons (Fsp3) is 0.0238. The molecule has 0 N–H and O–H groups in total. The average molecular weight is 592 g/mol. The first-order chi connectivity index (χ1) is 22.3. The zero-order valence-electron chi connectivity index (χ0n) is 24.5. The Morgan fingerprint density at radius 1 is 0.556 bits per heavy atom. The second kappa shape index (κ2) is 9.53. The lowest BCUT2D eigenvalue weighted by atomic mass is 9.99. The van der Waals surface area contributed by atoms with Crippen LogP contribution in [0.25, 0.3) is 44.2 Å². The van der Waals surface area contributed by atoms with Crippen LogP contribution in [0.1, 0.15) is 0 Å². The fourth-order valence-corrected chi connectivity index (χ4v) is 10.3. The molecule has 210 valence electrons. The second-order valence-electron chi connectivity index (χ2n) is 12.0. The quantitative estimate of drug-likeness (QED) is 0.186. The molecule has 3 heterocycles. The van der Waals surface area contributed by atoms with E-state index in [0.717, 1.165) is 0 Å². The van der Waals surface area contributed by atoms with Crippen LogP contribution >= 0.6 is 7.55 Å². The summed E-state index contributed by atoms with van der Waals surface area (Å²) in [7, 11) is -0.637. The predicted octanol–water partition coefficient (Wildman–Crippen LogP) is 8.94. The summed E-state index contributed by atoms with van der Waals surface area (Å²) < 4.78 is 2.39. The summed E-state index contributed by atoms with van der Waals surface area (Å²) in [5.41, 5.74) is 10.3. The first-order valence-electron chi connectivity index (χ1n) is 15.6. The molecule has 1 aliphatic carbocycles. The van der Waals surface area contributed by atoms with Crippen LogP contribution < -0.4 is 20.7 Å². The van der Waals surface area contributed by atoms with Crippen molar-refractivity contribution < 1.29 is 0 Å². The lowest BCUT2D eigenvalue weighted by Crippen LogP contribution is -2.26. The van der Waals surface area contributed by atoms with Crippen molar-refractivity contribution in [2.24, 2.45) is 0 Å². The first-order valence-corrected chi connectivity index (χ1v) is 16.9. The molecular weight excluding hydrogens is 563 g/mol. The number of nitrogens with zero attached hydrogens (tertiary/aromatic N) is 2. The number of aromatic nitrogens is 1. The SMILES string of the molecule is C1=CC2=c3cc4c(cc3N(c3ccc5c(c3)c3ccccc3n5-c3ccccc3)C2C=C1)=[P+](c1ccccc1)c1ccccc1-4. The molecule has 0 radical (unpaired) electrons. The molecule has 45 heavy (non-hydrogen) atoms. The average Bonchev–Trinajstić information content (AvgIpc) is 3.73. The maximum atomic E-state index is 2.57. The van der Waals surface area contributed by atoms with Crippen molar-refractivity contribution in [3.8, 4) is 16.8 Å². The van der Waals surface area contributed by atoms with Crippen LogP contribution in [0.15, 0.2) is 164 Å². The molecule has 0 saturated carbocycles. The van der Waals surface area contributed by atoms with Crippen LogP contribution in [0, 0.1) is 4.94 Å². The largest absolute Gasteiger partial charge is 0.330 e. The van der Waals surface area contributed by atoms with Gasteiger partial charge in [-0.1, -0.05) is 91.0 Å². The highest BCUT2D eigenvalue weighted by Gasteiger charge is 2.36. The van der Waals surface area contributed by atoms with Gasteiger partial charge < -0.3 is 9.47 Å². The van der Waals surface area contributed by atoms with E-state index in [4.69, 9.17) is 0 Å². The second-order valence-corrected chi connectivity index (χ2v) is 14.1. The number of hydrogen-bond donors (Lipinski definition) is 0. The van der Waals surface area contributed by atoms with Crippen molar-refractivity contribution in [2.45, 2.75) is 6.04 Å². The van der Waals surface area contributed by atoms with Crippen LogP contribution in [0.2, 0.25) is 0 Å². The summed E-state index contributed by atoms with van der Waals surface area (Å²) in [4.78, 5) is 4.02. The van der Waals surface area contributed by atoms with Gasteiger partial charge in [-0.05, 0) is 72.3 Å². The van der Waals surface area contributed by atoms with E-state index in [1.807, 2.05) is 0 Å². The fourth-order valence-electron chi connectivity index (χ4n) is 7.71. The van der Waals surface area contributed by atoms with Crippen molar-refractivity contribution in [3.05, 3.63) is 174 Å². The highest BCUT2D eigenvalue weighted by Crippen LogP contribution is 2.45. The van der Waals surface area contributed by atoms with E-state index in [9.17, 15) is 0 Å². The number of benzene rings is 6. The third kappa shape index (κ3) is 3.55. The molecule has 1 aromatic heterocycles. The number of anilines is 2. The molecule has 2 unspecified atom stereocenters. The lowest BCUT2D eigenvalue weighted by molar-refractivity contribution is 0.988. The van der Waals surface area contributed by atoms with Crippen molar-refractivity contribution in [1.29, 1.82) is 0 Å². The van der Waals surface area contributed by atoms with E-state index in [1.54, 1.807) is 0 Å². The smallest absolute Gasteiger partial charge is 0.179 e. The molecule has 7 aromatic rings. The Balaban J connectivity index is 1.24. The molecule has 2 nitrogen and oxygen atoms in total. The molecular formula is C42H28N2P+. The van der Waals surface area contributed by atoms with Gasteiger partial charge in [-0.3, -0.25) is 0 Å². The van der Waals surface area contributed by atoms with Gasteiger partial charge in [-0.25, -0.2) is 0 Å². The molecule has 2 aliphatic heterocycles. The molecule has 0 spiro atoms. The van der Waals surface area contributed by atoms with Gasteiger partial charge in [-0.15, -0.1) is 0 Å². The Morgan fingerprint density at radius 2 is 1.31 bits per heavy atom. The van der Waals surface area contributed by atoms with E-state index in [0.29, 0.717) is 0 Å². The first kappa shape index (κ1) is 25.0. The van der Waals surface area contributed by atoms with E-state index >= 15 is 0 Å². The van der Waals surface area contributed by atoms with Crippen LogP contribution in [0.5, 0.6) is 0 Å². The van der Waals surface area contributed by atoms with Gasteiger partial charge in [0.15, 0.2) is 23.1 Å². The topological polar surface area (TPSA) is 8.17 Å². The molecule has 0 saturated heterocycles. The van der Waals surface area contributed by atoms with Crippen LogP contribution in [-0.4, -0.2) is 10.6 Å². The van der Waals surface area contributed by atoms with E-state index in [2.05, 4.69) is 173 Å². The van der Waals surface area contributed by atoms with Gasteiger partial charge in [-0.2, -0.15) is 0 Å². The highest BCUT2D eigenvalue weighted by atomic mass is 31.1. The number of allylic oxidation sites excluding steroid dienone is 2. The van der Waals surface area contributed by atoms with Crippen LogP contribution in [-0.2, 0) is 0 Å². The number of para-hydroxylation sites is 2. The van der Waals surface area contributed by atoms with Crippen LogP contribution in [0.3, 0.4) is 0 Å². The molecule has 3 aliphatic rings. The number of rotatable bonds is 3. The van der Waals surface area contributed by atoms with Crippen molar-refractivity contribution in [2.75, 3.05) is 4.90 Å². The molecule has 3 heteroatoms. The minimum atomic E-state index is -0.637. The molecule has 10 rings (SSSR count). The number of fused-ring (bicyclic) bond motifs is 8. The van der Waals surface area contributed by atoms with Crippen molar-refractivity contribution in [3.63, 3.8) is 0 Å². The Kier molecular flexibility index (Phi) is 5.29. The van der Waals surface area contributed by atoms with Gasteiger partial charge in [0, 0.05) is 44.6 Å². The van der Waals surface area contributed by atoms with E-state index < -0.39 is 7.55 Å². The summed E-state index contributed by atoms with van der Waals surface area (Å²) in [6.07, 6.45) is 9.06. The summed E-state index contributed by atoms with van der Waals surface area (Å²) >= 11 is 0. The van der Waals surface area contributed by atoms with Gasteiger partial charge in [0.25, 0.3) is 0 Å². The Morgan fingerprint density at radius 3 is 2.20 bits per heavy atom. The third-order valence-corrected chi connectivity index (χ3v) is 12.1. The standard InChI is InChI=1S/C42H28N2P/c1-3-13-28(14-4-1)43-37-20-10-7-17-31(37)34-25-29(23-24-39(34)43)44-38-21-11-8-18-32(38)35-26-36-33-19-9-12-22-41(33)45(42(36)27-40(35)44)30-15-5-2-6-16-30/h1-27,38H/q+1.